The van der Waals surface area contributed by atoms with Gasteiger partial charge in [0.25, 0.3) is 0 Å². The molecular weight excluding hydrogens is 396 g/mol. The molecule has 4 rings (SSSR count). The third kappa shape index (κ3) is 4.55. The molecule has 28 heavy (non-hydrogen) atoms. The first-order valence-electron chi connectivity index (χ1n) is 8.67. The molecule has 0 saturated heterocycles. The lowest BCUT2D eigenvalue weighted by molar-refractivity contribution is 0.344. The lowest BCUT2D eigenvalue weighted by Crippen LogP contribution is -2.05. The number of hydrogen-bond acceptors (Lipinski definition) is 6. The predicted octanol–water partition coefficient (Wildman–Crippen LogP) is 4.81. The lowest BCUT2D eigenvalue weighted by atomic mass is 10.2. The second-order valence-corrected chi connectivity index (χ2v) is 7.36. The van der Waals surface area contributed by atoms with E-state index in [0.29, 0.717) is 18.2 Å². The van der Waals surface area contributed by atoms with Crippen LogP contribution in [-0.2, 0) is 6.54 Å². The number of hydrogen-bond donors (Lipinski definition) is 0. The molecule has 0 aliphatic heterocycles. The molecule has 0 saturated carbocycles. The van der Waals surface area contributed by atoms with Crippen molar-refractivity contribution < 1.29 is 9.15 Å². The Hall–Kier alpha value is -2.77. The van der Waals surface area contributed by atoms with E-state index in [9.17, 15) is 0 Å². The van der Waals surface area contributed by atoms with Gasteiger partial charge in [0, 0.05) is 28.7 Å². The first-order valence-corrected chi connectivity index (χ1v) is 10.0. The SMILES string of the molecule is Clc1ccc(OCCSc2nnc(-c3cccnc3)n2Cc2ccco2)cc1. The van der Waals surface area contributed by atoms with Gasteiger partial charge in [-0.25, -0.2) is 0 Å². The second-order valence-electron chi connectivity index (χ2n) is 5.86. The zero-order valence-corrected chi connectivity index (χ0v) is 16.4. The monoisotopic (exact) mass is 412 g/mol. The standard InChI is InChI=1S/C20H17ClN4O2S/c21-16-5-7-17(8-6-16)27-11-12-28-20-24-23-19(15-3-1-9-22-13-15)25(20)14-18-4-2-10-26-18/h1-10,13H,11-12,14H2. The van der Waals surface area contributed by atoms with Gasteiger partial charge in [0.05, 0.1) is 19.4 Å². The highest BCUT2D eigenvalue weighted by Crippen LogP contribution is 2.25. The maximum atomic E-state index is 5.89. The van der Waals surface area contributed by atoms with Gasteiger partial charge in [-0.2, -0.15) is 0 Å². The molecule has 6 nitrogen and oxygen atoms in total. The molecule has 0 aliphatic rings. The van der Waals surface area contributed by atoms with E-state index in [0.717, 1.165) is 33.8 Å². The van der Waals surface area contributed by atoms with Gasteiger partial charge in [-0.15, -0.1) is 10.2 Å². The summed E-state index contributed by atoms with van der Waals surface area (Å²) in [5.74, 6) is 3.11. The fraction of sp³-hybridized carbons (Fsp3) is 0.150. The van der Waals surface area contributed by atoms with Crippen molar-refractivity contribution in [1.29, 1.82) is 0 Å². The molecule has 0 fully saturated rings. The Balaban J connectivity index is 1.46. The van der Waals surface area contributed by atoms with Crippen LogP contribution < -0.4 is 4.74 Å². The van der Waals surface area contributed by atoms with Crippen molar-refractivity contribution in [3.05, 3.63) is 78.0 Å². The van der Waals surface area contributed by atoms with Crippen molar-refractivity contribution in [2.75, 3.05) is 12.4 Å². The molecule has 0 amide bonds. The molecule has 0 radical (unpaired) electrons. The smallest absolute Gasteiger partial charge is 0.192 e. The van der Waals surface area contributed by atoms with Gasteiger partial charge in [-0.1, -0.05) is 23.4 Å². The normalized spacial score (nSPS) is 10.9. The van der Waals surface area contributed by atoms with Crippen LogP contribution in [0.5, 0.6) is 5.75 Å². The van der Waals surface area contributed by atoms with E-state index < -0.39 is 0 Å². The van der Waals surface area contributed by atoms with Crippen LogP contribution in [0.4, 0.5) is 0 Å². The highest BCUT2D eigenvalue weighted by molar-refractivity contribution is 7.99. The summed E-state index contributed by atoms with van der Waals surface area (Å²) >= 11 is 7.47. The number of halogens is 1. The molecule has 0 spiro atoms. The largest absolute Gasteiger partial charge is 0.493 e. The molecule has 4 aromatic rings. The molecule has 3 heterocycles. The molecule has 0 bridgehead atoms. The lowest BCUT2D eigenvalue weighted by Gasteiger charge is -2.09. The van der Waals surface area contributed by atoms with Gasteiger partial charge in [-0.3, -0.25) is 9.55 Å². The van der Waals surface area contributed by atoms with Crippen molar-refractivity contribution in [1.82, 2.24) is 19.7 Å². The summed E-state index contributed by atoms with van der Waals surface area (Å²) in [6.45, 7) is 1.09. The third-order valence-corrected chi connectivity index (χ3v) is 5.11. The third-order valence-electron chi connectivity index (χ3n) is 3.93. The summed E-state index contributed by atoms with van der Waals surface area (Å²) < 4.78 is 13.3. The van der Waals surface area contributed by atoms with Gasteiger partial charge < -0.3 is 9.15 Å². The van der Waals surface area contributed by atoms with Crippen LogP contribution in [0, 0.1) is 0 Å². The van der Waals surface area contributed by atoms with Crippen molar-refractivity contribution in [3.8, 4) is 17.1 Å². The Bertz CT molecular complexity index is 1000. The molecule has 142 valence electrons. The predicted molar refractivity (Wildman–Crippen MR) is 109 cm³/mol. The summed E-state index contributed by atoms with van der Waals surface area (Å²) in [6, 6.07) is 15.0. The number of benzene rings is 1. The van der Waals surface area contributed by atoms with Crippen LogP contribution in [-0.4, -0.2) is 32.1 Å². The van der Waals surface area contributed by atoms with Crippen molar-refractivity contribution in [3.63, 3.8) is 0 Å². The number of furan rings is 1. The molecule has 0 atom stereocenters. The van der Waals surface area contributed by atoms with E-state index >= 15 is 0 Å². The number of rotatable bonds is 8. The molecule has 1 aromatic carbocycles. The van der Waals surface area contributed by atoms with Crippen LogP contribution >= 0.6 is 23.4 Å². The molecular formula is C20H17ClN4O2S. The van der Waals surface area contributed by atoms with E-state index in [1.54, 1.807) is 30.4 Å². The number of aromatic nitrogens is 4. The number of pyridine rings is 1. The Morgan fingerprint density at radius 1 is 1.07 bits per heavy atom. The minimum Gasteiger partial charge on any atom is -0.493 e. The van der Waals surface area contributed by atoms with E-state index in [1.165, 1.54) is 0 Å². The van der Waals surface area contributed by atoms with Gasteiger partial charge >= 0.3 is 0 Å². The van der Waals surface area contributed by atoms with Crippen LogP contribution in [0.25, 0.3) is 11.4 Å². The first kappa shape index (κ1) is 18.6. The summed E-state index contributed by atoms with van der Waals surface area (Å²) in [5.41, 5.74) is 0.908. The van der Waals surface area contributed by atoms with E-state index in [-0.39, 0.29) is 0 Å². The van der Waals surface area contributed by atoms with E-state index in [4.69, 9.17) is 20.8 Å². The quantitative estimate of drug-likeness (QED) is 0.306. The second kappa shape index (κ2) is 8.95. The average Bonchev–Trinajstić information content (AvgIpc) is 3.38. The molecule has 8 heteroatoms. The van der Waals surface area contributed by atoms with Crippen molar-refractivity contribution >= 4 is 23.4 Å². The molecule has 0 aliphatic carbocycles. The molecule has 3 aromatic heterocycles. The summed E-state index contributed by atoms with van der Waals surface area (Å²) in [4.78, 5) is 4.18. The first-order chi connectivity index (χ1) is 13.8. The topological polar surface area (TPSA) is 66.0 Å². The van der Waals surface area contributed by atoms with Crippen LogP contribution in [0.3, 0.4) is 0 Å². The van der Waals surface area contributed by atoms with Crippen LogP contribution in [0.15, 0.2) is 76.8 Å². The number of nitrogens with zero attached hydrogens (tertiary/aromatic N) is 4. The van der Waals surface area contributed by atoms with Gasteiger partial charge in [0.2, 0.25) is 0 Å². The Morgan fingerprint density at radius 3 is 2.71 bits per heavy atom. The Morgan fingerprint density at radius 2 is 1.96 bits per heavy atom. The molecule has 0 N–H and O–H groups in total. The maximum absolute atomic E-state index is 5.89. The number of thioether (sulfide) groups is 1. The summed E-state index contributed by atoms with van der Waals surface area (Å²) in [5, 5.41) is 10.2. The Kier molecular flexibility index (Phi) is 5.94. The minimum atomic E-state index is 0.544. The summed E-state index contributed by atoms with van der Waals surface area (Å²) in [6.07, 6.45) is 5.18. The highest BCUT2D eigenvalue weighted by atomic mass is 35.5. The van der Waals surface area contributed by atoms with Crippen molar-refractivity contribution in [2.45, 2.75) is 11.7 Å². The molecule has 0 unspecified atom stereocenters. The highest BCUT2D eigenvalue weighted by Gasteiger charge is 2.16. The van der Waals surface area contributed by atoms with E-state index in [1.807, 2.05) is 53.1 Å². The van der Waals surface area contributed by atoms with Gasteiger partial charge in [0.1, 0.15) is 11.5 Å². The fourth-order valence-corrected chi connectivity index (χ4v) is 3.51. The minimum absolute atomic E-state index is 0.544. The van der Waals surface area contributed by atoms with Crippen LogP contribution in [0.2, 0.25) is 5.02 Å². The van der Waals surface area contributed by atoms with Gasteiger partial charge in [-0.05, 0) is 48.5 Å². The van der Waals surface area contributed by atoms with Crippen LogP contribution in [0.1, 0.15) is 5.76 Å². The summed E-state index contributed by atoms with van der Waals surface area (Å²) in [7, 11) is 0. The number of ether oxygens (including phenoxy) is 1. The van der Waals surface area contributed by atoms with Crippen molar-refractivity contribution in [2.24, 2.45) is 0 Å². The van der Waals surface area contributed by atoms with E-state index in [2.05, 4.69) is 15.2 Å². The maximum Gasteiger partial charge on any atom is 0.192 e. The zero-order valence-electron chi connectivity index (χ0n) is 14.9. The Labute approximate surface area is 171 Å². The zero-order chi connectivity index (χ0) is 19.2. The fourth-order valence-electron chi connectivity index (χ4n) is 2.63. The van der Waals surface area contributed by atoms with Gasteiger partial charge in [0.15, 0.2) is 11.0 Å². The average molecular weight is 413 g/mol.